The highest BCUT2D eigenvalue weighted by atomic mass is 16.5. The highest BCUT2D eigenvalue weighted by Crippen LogP contribution is 2.25. The molecule has 0 aromatic heterocycles. The number of rotatable bonds is 5. The van der Waals surface area contributed by atoms with E-state index in [1.165, 1.54) is 0 Å². The van der Waals surface area contributed by atoms with Gasteiger partial charge < -0.3 is 20.1 Å². The highest BCUT2D eigenvalue weighted by Gasteiger charge is 2.29. The van der Waals surface area contributed by atoms with Crippen LogP contribution in [0.2, 0.25) is 0 Å². The zero-order valence-electron chi connectivity index (χ0n) is 14.4. The lowest BCUT2D eigenvalue weighted by Gasteiger charge is -2.33. The normalized spacial score (nSPS) is 18.5. The Balaban J connectivity index is 1.83. The van der Waals surface area contributed by atoms with E-state index in [-0.39, 0.29) is 5.91 Å². The van der Waals surface area contributed by atoms with Crippen LogP contribution in [-0.4, -0.2) is 42.2 Å². The van der Waals surface area contributed by atoms with Gasteiger partial charge in [0.15, 0.2) is 0 Å². The number of β-amino-alcohol motifs (C(OH)–C–C–N with tert-alkyl or cyclic N) is 1. The van der Waals surface area contributed by atoms with Crippen LogP contribution >= 0.6 is 0 Å². The molecule has 1 amide bonds. The van der Waals surface area contributed by atoms with Crippen LogP contribution < -0.4 is 10.1 Å². The monoisotopic (exact) mass is 340 g/mol. The van der Waals surface area contributed by atoms with Crippen molar-refractivity contribution in [3.63, 3.8) is 0 Å². The molecule has 25 heavy (non-hydrogen) atoms. The fraction of sp³-hybridized carbons (Fsp3) is 0.350. The van der Waals surface area contributed by atoms with Crippen LogP contribution in [-0.2, 0) is 4.79 Å². The Morgan fingerprint density at radius 3 is 2.56 bits per heavy atom. The third-order valence-electron chi connectivity index (χ3n) is 4.49. The number of nitrogens with one attached hydrogen (secondary N) is 1. The summed E-state index contributed by atoms with van der Waals surface area (Å²) < 4.78 is 5.18. The first-order chi connectivity index (χ1) is 12.2. The van der Waals surface area contributed by atoms with Gasteiger partial charge in [-0.05, 0) is 42.7 Å². The van der Waals surface area contributed by atoms with E-state index < -0.39 is 12.1 Å². The van der Waals surface area contributed by atoms with Crippen LogP contribution in [0.5, 0.6) is 5.75 Å². The minimum atomic E-state index is -0.486. The lowest BCUT2D eigenvalue weighted by atomic mass is 10.0. The first kappa shape index (κ1) is 17.3. The predicted octanol–water partition coefficient (Wildman–Crippen LogP) is 2.83. The van der Waals surface area contributed by atoms with E-state index in [1.54, 1.807) is 12.0 Å². The van der Waals surface area contributed by atoms with E-state index >= 15 is 0 Å². The van der Waals surface area contributed by atoms with Crippen LogP contribution in [0, 0.1) is 0 Å². The molecule has 1 aliphatic heterocycles. The zero-order valence-corrected chi connectivity index (χ0v) is 14.4. The second kappa shape index (κ2) is 8.03. The van der Waals surface area contributed by atoms with Gasteiger partial charge in [0.2, 0.25) is 5.91 Å². The number of amides is 1. The Hall–Kier alpha value is -2.53. The lowest BCUT2D eigenvalue weighted by Crippen LogP contribution is -2.45. The largest absolute Gasteiger partial charge is 0.497 e. The maximum Gasteiger partial charge on any atom is 0.249 e. The maximum absolute atomic E-state index is 13.1. The molecule has 0 saturated carbocycles. The summed E-state index contributed by atoms with van der Waals surface area (Å²) in [7, 11) is 1.63. The highest BCUT2D eigenvalue weighted by molar-refractivity contribution is 5.86. The molecule has 0 bridgehead atoms. The summed E-state index contributed by atoms with van der Waals surface area (Å²) in [5, 5.41) is 13.2. The zero-order chi connectivity index (χ0) is 17.6. The average molecular weight is 340 g/mol. The van der Waals surface area contributed by atoms with Gasteiger partial charge in [-0.25, -0.2) is 0 Å². The predicted molar refractivity (Wildman–Crippen MR) is 97.6 cm³/mol. The number of aliphatic hydroxyl groups excluding tert-OH is 1. The Bertz CT molecular complexity index is 688. The van der Waals surface area contributed by atoms with Gasteiger partial charge in [-0.1, -0.05) is 30.3 Å². The van der Waals surface area contributed by atoms with Crippen LogP contribution in [0.1, 0.15) is 24.4 Å². The molecule has 2 unspecified atom stereocenters. The summed E-state index contributed by atoms with van der Waals surface area (Å²) in [6, 6.07) is 16.7. The molecule has 3 rings (SSSR count). The summed E-state index contributed by atoms with van der Waals surface area (Å²) in [5.41, 5.74) is 1.75. The van der Waals surface area contributed by atoms with Gasteiger partial charge in [-0.15, -0.1) is 0 Å². The fourth-order valence-electron chi connectivity index (χ4n) is 3.12. The second-order valence-corrected chi connectivity index (χ2v) is 6.30. The Morgan fingerprint density at radius 1 is 1.20 bits per heavy atom. The molecule has 2 aromatic rings. The van der Waals surface area contributed by atoms with Crippen LogP contribution in [0.4, 0.5) is 5.69 Å². The first-order valence-electron chi connectivity index (χ1n) is 8.60. The van der Waals surface area contributed by atoms with Crippen molar-refractivity contribution in [1.29, 1.82) is 0 Å². The molecule has 1 fully saturated rings. The van der Waals surface area contributed by atoms with Crippen molar-refractivity contribution in [1.82, 2.24) is 4.90 Å². The summed E-state index contributed by atoms with van der Waals surface area (Å²) in [6.07, 6.45) is 1.15. The summed E-state index contributed by atoms with van der Waals surface area (Å²) in [5.74, 6) is 0.757. The number of hydrogen-bond acceptors (Lipinski definition) is 4. The van der Waals surface area contributed by atoms with Gasteiger partial charge in [0, 0.05) is 18.8 Å². The molecule has 5 heteroatoms. The van der Waals surface area contributed by atoms with Crippen LogP contribution in [0.15, 0.2) is 54.6 Å². The van der Waals surface area contributed by atoms with Crippen LogP contribution in [0.25, 0.3) is 0 Å². The number of hydrogen-bond donors (Lipinski definition) is 2. The topological polar surface area (TPSA) is 61.8 Å². The number of ether oxygens (including phenoxy) is 1. The fourth-order valence-corrected chi connectivity index (χ4v) is 3.12. The van der Waals surface area contributed by atoms with E-state index in [1.807, 2.05) is 54.6 Å². The molecular weight excluding hydrogens is 316 g/mol. The molecule has 1 saturated heterocycles. The van der Waals surface area contributed by atoms with Gasteiger partial charge in [0.1, 0.15) is 11.8 Å². The maximum atomic E-state index is 13.1. The van der Waals surface area contributed by atoms with E-state index in [4.69, 9.17) is 4.74 Å². The summed E-state index contributed by atoms with van der Waals surface area (Å²) >= 11 is 0. The van der Waals surface area contributed by atoms with Crippen molar-refractivity contribution in [3.05, 3.63) is 60.2 Å². The quantitative estimate of drug-likeness (QED) is 0.879. The minimum Gasteiger partial charge on any atom is -0.497 e. The Morgan fingerprint density at radius 2 is 1.92 bits per heavy atom. The van der Waals surface area contributed by atoms with Crippen molar-refractivity contribution < 1.29 is 14.6 Å². The number of aliphatic hydroxyl groups is 1. The number of likely N-dealkylation sites (tertiary alicyclic amines) is 1. The molecule has 0 spiro atoms. The van der Waals surface area contributed by atoms with Gasteiger partial charge in [0.25, 0.3) is 0 Å². The molecule has 0 aliphatic carbocycles. The number of piperidine rings is 1. The number of benzene rings is 2. The molecule has 5 nitrogen and oxygen atoms in total. The van der Waals surface area contributed by atoms with Gasteiger partial charge in [0.05, 0.1) is 13.2 Å². The number of nitrogens with zero attached hydrogens (tertiary/aromatic N) is 1. The van der Waals surface area contributed by atoms with Gasteiger partial charge in [-0.2, -0.15) is 0 Å². The minimum absolute atomic E-state index is 0.0132. The van der Waals surface area contributed by atoms with Crippen molar-refractivity contribution >= 4 is 11.6 Å². The third-order valence-corrected chi connectivity index (χ3v) is 4.49. The van der Waals surface area contributed by atoms with Gasteiger partial charge >= 0.3 is 0 Å². The van der Waals surface area contributed by atoms with Crippen molar-refractivity contribution in [3.8, 4) is 5.75 Å². The smallest absolute Gasteiger partial charge is 0.249 e. The SMILES string of the molecule is COc1ccc(NC(C(=O)N2CCCC(O)C2)c2ccccc2)cc1. The molecular formula is C20H24N2O3. The molecule has 2 aromatic carbocycles. The first-order valence-corrected chi connectivity index (χ1v) is 8.60. The van der Waals surface area contributed by atoms with Crippen LogP contribution in [0.3, 0.4) is 0 Å². The summed E-state index contributed by atoms with van der Waals surface area (Å²) in [6.45, 7) is 1.08. The van der Waals surface area contributed by atoms with E-state index in [0.717, 1.165) is 29.8 Å². The van der Waals surface area contributed by atoms with E-state index in [2.05, 4.69) is 5.32 Å². The number of carbonyl (C=O) groups excluding carboxylic acids is 1. The van der Waals surface area contributed by atoms with Crippen molar-refractivity contribution in [2.45, 2.75) is 25.0 Å². The molecule has 0 radical (unpaired) electrons. The molecule has 132 valence electrons. The number of anilines is 1. The summed E-state index contributed by atoms with van der Waals surface area (Å²) in [4.78, 5) is 14.9. The van der Waals surface area contributed by atoms with Crippen molar-refractivity contribution in [2.75, 3.05) is 25.5 Å². The standard InChI is InChI=1S/C20H24N2O3/c1-25-18-11-9-16(10-12-18)21-19(15-6-3-2-4-7-15)20(24)22-13-5-8-17(23)14-22/h2-4,6-7,9-12,17,19,21,23H,5,8,13-14H2,1H3. The second-order valence-electron chi connectivity index (χ2n) is 6.30. The Labute approximate surface area is 148 Å². The lowest BCUT2D eigenvalue weighted by molar-refractivity contribution is -0.135. The number of methoxy groups -OCH3 is 1. The third kappa shape index (κ3) is 4.31. The molecule has 1 aliphatic rings. The molecule has 1 heterocycles. The van der Waals surface area contributed by atoms with Gasteiger partial charge in [-0.3, -0.25) is 4.79 Å². The molecule has 2 N–H and O–H groups in total. The average Bonchev–Trinajstić information content (AvgIpc) is 2.67. The molecule has 2 atom stereocenters. The Kier molecular flexibility index (Phi) is 5.56. The van der Waals surface area contributed by atoms with E-state index in [9.17, 15) is 9.90 Å². The van der Waals surface area contributed by atoms with Crippen molar-refractivity contribution in [2.24, 2.45) is 0 Å². The van der Waals surface area contributed by atoms with E-state index in [0.29, 0.717) is 13.1 Å². The number of carbonyl (C=O) groups is 1.